The molecule has 6 nitrogen and oxygen atoms in total. The number of nitrogens with zero attached hydrogens (tertiary/aromatic N) is 2. The van der Waals surface area contributed by atoms with Gasteiger partial charge in [-0.05, 0) is 44.7 Å². The number of hydrogen-bond acceptors (Lipinski definition) is 4. The number of rotatable bonds is 6. The number of furan rings is 1. The molecule has 2 aliphatic rings. The first-order valence-corrected chi connectivity index (χ1v) is 12.8. The maximum atomic E-state index is 12.8. The van der Waals surface area contributed by atoms with Crippen LogP contribution in [0.2, 0.25) is 0 Å². The van der Waals surface area contributed by atoms with Crippen LogP contribution in [0.15, 0.2) is 39.7 Å². The van der Waals surface area contributed by atoms with Gasteiger partial charge in [-0.1, -0.05) is 18.2 Å². The van der Waals surface area contributed by atoms with Gasteiger partial charge in [0.25, 0.3) is 0 Å². The van der Waals surface area contributed by atoms with Crippen molar-refractivity contribution in [2.24, 2.45) is 10.9 Å². The monoisotopic (exact) mass is 442 g/mol. The topological polar surface area (TPSA) is 69.9 Å². The highest BCUT2D eigenvalue weighted by atomic mass is 32.2. The number of thioether (sulfide) groups is 1. The van der Waals surface area contributed by atoms with Crippen molar-refractivity contribution in [3.63, 3.8) is 0 Å². The summed E-state index contributed by atoms with van der Waals surface area (Å²) < 4.78 is 5.90. The van der Waals surface area contributed by atoms with Crippen molar-refractivity contribution in [2.45, 2.75) is 45.1 Å². The number of aliphatic imine (C=N–C) groups is 1. The molecule has 0 atom stereocenters. The van der Waals surface area contributed by atoms with E-state index in [4.69, 9.17) is 9.41 Å². The summed E-state index contributed by atoms with van der Waals surface area (Å²) in [7, 11) is 0. The van der Waals surface area contributed by atoms with Crippen molar-refractivity contribution >= 4 is 34.6 Å². The van der Waals surface area contributed by atoms with Gasteiger partial charge in [-0.25, -0.2) is 0 Å². The zero-order chi connectivity index (χ0) is 21.5. The summed E-state index contributed by atoms with van der Waals surface area (Å²) in [5.41, 5.74) is 0.932. The first kappa shape index (κ1) is 22.1. The van der Waals surface area contributed by atoms with Crippen LogP contribution < -0.4 is 10.6 Å². The maximum absolute atomic E-state index is 12.8. The van der Waals surface area contributed by atoms with Gasteiger partial charge in [0, 0.05) is 61.5 Å². The molecule has 168 valence electrons. The second kappa shape index (κ2) is 10.9. The van der Waals surface area contributed by atoms with Crippen LogP contribution >= 0.6 is 11.8 Å². The Labute approximate surface area is 189 Å². The second-order valence-electron chi connectivity index (χ2n) is 8.39. The van der Waals surface area contributed by atoms with Crippen molar-refractivity contribution in [1.82, 2.24) is 15.5 Å². The molecule has 0 radical (unpaired) electrons. The number of carbonyl (C=O) groups is 1. The number of nitrogens with one attached hydrogen (secondary N) is 2. The molecule has 0 unspecified atom stereocenters. The van der Waals surface area contributed by atoms with E-state index in [1.54, 1.807) is 0 Å². The van der Waals surface area contributed by atoms with E-state index in [-0.39, 0.29) is 5.92 Å². The smallest absolute Gasteiger partial charge is 0.225 e. The summed E-state index contributed by atoms with van der Waals surface area (Å²) in [4.78, 5) is 19.6. The van der Waals surface area contributed by atoms with Gasteiger partial charge in [0.15, 0.2) is 5.96 Å². The Morgan fingerprint density at radius 2 is 1.97 bits per heavy atom. The van der Waals surface area contributed by atoms with Crippen LogP contribution in [0.4, 0.5) is 0 Å². The average Bonchev–Trinajstić information content (AvgIpc) is 3.23. The van der Waals surface area contributed by atoms with E-state index in [1.807, 2.05) is 30.0 Å². The summed E-state index contributed by atoms with van der Waals surface area (Å²) in [5, 5.41) is 8.09. The Balaban J connectivity index is 1.25. The van der Waals surface area contributed by atoms with Crippen molar-refractivity contribution in [2.75, 3.05) is 37.7 Å². The minimum atomic E-state index is 0.203. The highest BCUT2D eigenvalue weighted by Gasteiger charge is 2.30. The lowest BCUT2D eigenvalue weighted by molar-refractivity contribution is -0.136. The number of fused-ring (bicyclic) bond motifs is 1. The highest BCUT2D eigenvalue weighted by Crippen LogP contribution is 2.27. The molecule has 1 aromatic carbocycles. The lowest BCUT2D eigenvalue weighted by Gasteiger charge is -2.34. The molecule has 2 aromatic rings. The molecule has 1 aliphatic heterocycles. The van der Waals surface area contributed by atoms with Crippen molar-refractivity contribution in [3.05, 3.63) is 36.1 Å². The van der Waals surface area contributed by atoms with Gasteiger partial charge in [0.05, 0.1) is 0 Å². The van der Waals surface area contributed by atoms with Crippen LogP contribution in [-0.2, 0) is 11.2 Å². The van der Waals surface area contributed by atoms with Crippen LogP contribution in [-0.4, -0.2) is 60.5 Å². The number of para-hydroxylation sites is 1. The molecule has 1 saturated carbocycles. The molecule has 7 heteroatoms. The molecule has 0 bridgehead atoms. The number of carbonyl (C=O) groups excluding carboxylic acids is 1. The summed E-state index contributed by atoms with van der Waals surface area (Å²) >= 11 is 1.95. The first-order chi connectivity index (χ1) is 15.2. The minimum Gasteiger partial charge on any atom is -0.461 e. The van der Waals surface area contributed by atoms with Crippen molar-refractivity contribution in [1.29, 1.82) is 0 Å². The Morgan fingerprint density at radius 1 is 1.19 bits per heavy atom. The third kappa shape index (κ3) is 5.97. The van der Waals surface area contributed by atoms with Crippen LogP contribution in [0.1, 0.15) is 38.4 Å². The van der Waals surface area contributed by atoms with Crippen LogP contribution in [0, 0.1) is 5.92 Å². The predicted octanol–water partition coefficient (Wildman–Crippen LogP) is 3.66. The Bertz CT molecular complexity index is 850. The number of hydrogen-bond donors (Lipinski definition) is 2. The third-order valence-electron chi connectivity index (χ3n) is 6.19. The molecule has 2 heterocycles. The van der Waals surface area contributed by atoms with Crippen LogP contribution in [0.5, 0.6) is 0 Å². The first-order valence-electron chi connectivity index (χ1n) is 11.6. The number of benzene rings is 1. The van der Waals surface area contributed by atoms with E-state index in [2.05, 4.69) is 34.6 Å². The Kier molecular flexibility index (Phi) is 7.78. The molecular weight excluding hydrogens is 408 g/mol. The minimum absolute atomic E-state index is 0.203. The van der Waals surface area contributed by atoms with E-state index in [0.29, 0.717) is 18.5 Å². The number of guanidine groups is 1. The molecule has 1 amide bonds. The Hall–Kier alpha value is -2.15. The molecule has 2 N–H and O–H groups in total. The summed E-state index contributed by atoms with van der Waals surface area (Å²) in [6.45, 7) is 5.43. The summed E-state index contributed by atoms with van der Waals surface area (Å²) in [6.07, 6.45) is 4.76. The lowest BCUT2D eigenvalue weighted by atomic mass is 9.85. The molecule has 1 aromatic heterocycles. The van der Waals surface area contributed by atoms with E-state index in [1.165, 1.54) is 0 Å². The van der Waals surface area contributed by atoms with E-state index in [9.17, 15) is 4.79 Å². The van der Waals surface area contributed by atoms with Crippen LogP contribution in [0.3, 0.4) is 0 Å². The highest BCUT2D eigenvalue weighted by molar-refractivity contribution is 7.99. The van der Waals surface area contributed by atoms with Gasteiger partial charge in [0.1, 0.15) is 11.3 Å². The maximum Gasteiger partial charge on any atom is 0.225 e. The van der Waals surface area contributed by atoms with Gasteiger partial charge in [-0.3, -0.25) is 9.79 Å². The lowest BCUT2D eigenvalue weighted by Crippen LogP contribution is -2.47. The molecule has 1 saturated heterocycles. The fraction of sp³-hybridized carbons (Fsp3) is 0.583. The Morgan fingerprint density at radius 3 is 2.71 bits per heavy atom. The van der Waals surface area contributed by atoms with Crippen LogP contribution in [0.25, 0.3) is 11.0 Å². The van der Waals surface area contributed by atoms with E-state index >= 15 is 0 Å². The van der Waals surface area contributed by atoms with E-state index in [0.717, 1.165) is 85.9 Å². The van der Waals surface area contributed by atoms with Crippen molar-refractivity contribution < 1.29 is 9.21 Å². The second-order valence-corrected chi connectivity index (χ2v) is 9.62. The zero-order valence-electron chi connectivity index (χ0n) is 18.4. The fourth-order valence-electron chi connectivity index (χ4n) is 4.48. The van der Waals surface area contributed by atoms with Gasteiger partial charge in [-0.2, -0.15) is 11.8 Å². The number of amides is 1. The van der Waals surface area contributed by atoms with Gasteiger partial charge < -0.3 is 20.0 Å². The third-order valence-corrected chi connectivity index (χ3v) is 7.13. The van der Waals surface area contributed by atoms with E-state index < -0.39 is 0 Å². The molecule has 2 fully saturated rings. The standard InChI is InChI=1S/C24H34N4O2S/c1-2-25-24(26-12-11-21-17-19-5-3-4-6-22(19)30-21)27-20-9-7-18(8-10-20)23(29)28-13-15-31-16-14-28/h3-6,17-18,20H,2,7-16H2,1H3,(H2,25,26,27). The molecule has 1 aliphatic carbocycles. The largest absolute Gasteiger partial charge is 0.461 e. The zero-order valence-corrected chi connectivity index (χ0v) is 19.3. The SMILES string of the molecule is CCNC(=NCCc1cc2ccccc2o1)NC1CCC(C(=O)N2CCSCC2)CC1. The normalized spacial score (nSPS) is 22.5. The summed E-state index contributed by atoms with van der Waals surface area (Å²) in [6, 6.07) is 10.6. The van der Waals surface area contributed by atoms with Crippen molar-refractivity contribution in [3.8, 4) is 0 Å². The predicted molar refractivity (Wildman–Crippen MR) is 129 cm³/mol. The fourth-order valence-corrected chi connectivity index (χ4v) is 5.38. The molecule has 0 spiro atoms. The summed E-state index contributed by atoms with van der Waals surface area (Å²) in [5.74, 6) is 4.58. The molecule has 31 heavy (non-hydrogen) atoms. The molecule has 4 rings (SSSR count). The molecular formula is C24H34N4O2S. The van der Waals surface area contributed by atoms with Gasteiger partial charge in [0.2, 0.25) is 5.91 Å². The van der Waals surface area contributed by atoms with Gasteiger partial charge in [-0.15, -0.1) is 0 Å². The average molecular weight is 443 g/mol. The van der Waals surface area contributed by atoms with Gasteiger partial charge >= 0.3 is 0 Å². The quantitative estimate of drug-likeness (QED) is 0.528.